The van der Waals surface area contributed by atoms with Crippen molar-refractivity contribution in [1.29, 1.82) is 0 Å². The van der Waals surface area contributed by atoms with E-state index in [2.05, 4.69) is 11.9 Å². The zero-order valence-electron chi connectivity index (χ0n) is 14.6. The first kappa shape index (κ1) is 17.8. The molecule has 0 spiro atoms. The Morgan fingerprint density at radius 3 is 2.42 bits per heavy atom. The van der Waals surface area contributed by atoms with Crippen LogP contribution in [-0.2, 0) is 0 Å². The van der Waals surface area contributed by atoms with E-state index in [4.69, 9.17) is 4.74 Å². The van der Waals surface area contributed by atoms with Crippen molar-refractivity contribution in [2.24, 2.45) is 0 Å². The molecule has 0 radical (unpaired) electrons. The van der Waals surface area contributed by atoms with Gasteiger partial charge in [-0.3, -0.25) is 4.79 Å². The van der Waals surface area contributed by atoms with Gasteiger partial charge in [-0.25, -0.2) is 4.79 Å². The summed E-state index contributed by atoms with van der Waals surface area (Å²) in [7, 11) is 1.60. The average Bonchev–Trinajstić information content (AvgIpc) is 2.59. The molecule has 1 aromatic rings. The normalized spacial score (nSPS) is 14.3. The number of piperazine rings is 1. The number of ether oxygens (including phenoxy) is 1. The Bertz CT molecular complexity index is 634. The fourth-order valence-electron chi connectivity index (χ4n) is 2.59. The third-order valence-electron chi connectivity index (χ3n) is 4.05. The number of urea groups is 1. The van der Waals surface area contributed by atoms with Crippen LogP contribution in [0, 0.1) is 6.92 Å². The van der Waals surface area contributed by atoms with Crippen LogP contribution in [0.25, 0.3) is 0 Å². The molecule has 0 atom stereocenters. The van der Waals surface area contributed by atoms with Crippen LogP contribution in [0.3, 0.4) is 0 Å². The van der Waals surface area contributed by atoms with Crippen LogP contribution in [0.1, 0.15) is 22.8 Å². The second-order valence-electron chi connectivity index (χ2n) is 6.08. The second kappa shape index (κ2) is 7.86. The zero-order valence-corrected chi connectivity index (χ0v) is 14.6. The Kier molecular flexibility index (Phi) is 5.84. The fraction of sp³-hybridized carbons (Fsp3) is 0.444. The molecule has 0 saturated carbocycles. The highest BCUT2D eigenvalue weighted by molar-refractivity contribution is 5.95. The molecule has 1 aliphatic rings. The van der Waals surface area contributed by atoms with Gasteiger partial charge >= 0.3 is 6.03 Å². The number of methoxy groups -OCH3 is 1. The molecule has 2 rings (SSSR count). The van der Waals surface area contributed by atoms with Crippen molar-refractivity contribution in [1.82, 2.24) is 15.1 Å². The topological polar surface area (TPSA) is 61.9 Å². The Morgan fingerprint density at radius 2 is 1.83 bits per heavy atom. The summed E-state index contributed by atoms with van der Waals surface area (Å²) < 4.78 is 5.28. The van der Waals surface area contributed by atoms with Gasteiger partial charge in [0.05, 0.1) is 7.11 Å². The van der Waals surface area contributed by atoms with Gasteiger partial charge in [-0.2, -0.15) is 0 Å². The molecule has 24 heavy (non-hydrogen) atoms. The minimum absolute atomic E-state index is 0.0321. The smallest absolute Gasteiger partial charge is 0.317 e. The summed E-state index contributed by atoms with van der Waals surface area (Å²) >= 11 is 0. The Balaban J connectivity index is 1.93. The zero-order chi connectivity index (χ0) is 17.7. The fourth-order valence-corrected chi connectivity index (χ4v) is 2.59. The molecule has 0 aromatic heterocycles. The van der Waals surface area contributed by atoms with Crippen LogP contribution in [-0.4, -0.2) is 61.6 Å². The van der Waals surface area contributed by atoms with Gasteiger partial charge in [-0.15, -0.1) is 0 Å². The summed E-state index contributed by atoms with van der Waals surface area (Å²) in [6, 6.07) is 5.35. The Labute approximate surface area is 143 Å². The van der Waals surface area contributed by atoms with E-state index in [0.29, 0.717) is 44.0 Å². The van der Waals surface area contributed by atoms with Gasteiger partial charge in [0.15, 0.2) is 0 Å². The maximum absolute atomic E-state index is 12.6. The summed E-state index contributed by atoms with van der Waals surface area (Å²) in [5, 5.41) is 2.82. The van der Waals surface area contributed by atoms with E-state index in [9.17, 15) is 9.59 Å². The quantitative estimate of drug-likeness (QED) is 0.859. The molecule has 1 heterocycles. The van der Waals surface area contributed by atoms with Crippen LogP contribution in [0.5, 0.6) is 5.75 Å². The molecule has 1 saturated heterocycles. The van der Waals surface area contributed by atoms with Gasteiger partial charge in [0.25, 0.3) is 5.91 Å². The van der Waals surface area contributed by atoms with Gasteiger partial charge in [-0.05, 0) is 31.5 Å². The molecule has 1 N–H and O–H groups in total. The van der Waals surface area contributed by atoms with E-state index < -0.39 is 0 Å². The third-order valence-corrected chi connectivity index (χ3v) is 4.05. The highest BCUT2D eigenvalue weighted by atomic mass is 16.5. The summed E-state index contributed by atoms with van der Waals surface area (Å²) in [6.45, 7) is 10.1. The highest BCUT2D eigenvalue weighted by Crippen LogP contribution is 2.20. The van der Waals surface area contributed by atoms with Crippen molar-refractivity contribution in [3.63, 3.8) is 0 Å². The molecular formula is C18H25N3O3. The van der Waals surface area contributed by atoms with Gasteiger partial charge in [0.1, 0.15) is 5.75 Å². The van der Waals surface area contributed by atoms with Crippen LogP contribution in [0.2, 0.25) is 0 Å². The largest absolute Gasteiger partial charge is 0.496 e. The lowest BCUT2D eigenvalue weighted by Gasteiger charge is -2.34. The molecule has 6 heteroatoms. The summed E-state index contributed by atoms with van der Waals surface area (Å²) in [4.78, 5) is 28.1. The van der Waals surface area contributed by atoms with E-state index in [1.54, 1.807) is 23.0 Å². The van der Waals surface area contributed by atoms with Crippen molar-refractivity contribution < 1.29 is 14.3 Å². The third kappa shape index (κ3) is 4.28. The van der Waals surface area contributed by atoms with E-state index >= 15 is 0 Å². The lowest BCUT2D eigenvalue weighted by Crippen LogP contribution is -2.53. The van der Waals surface area contributed by atoms with Crippen LogP contribution in [0.4, 0.5) is 4.79 Å². The van der Waals surface area contributed by atoms with Gasteiger partial charge in [-0.1, -0.05) is 18.2 Å². The molecule has 0 aliphatic carbocycles. The van der Waals surface area contributed by atoms with Crippen molar-refractivity contribution in [3.05, 3.63) is 41.5 Å². The monoisotopic (exact) mass is 331 g/mol. The number of carbonyl (C=O) groups is 2. The highest BCUT2D eigenvalue weighted by Gasteiger charge is 2.25. The van der Waals surface area contributed by atoms with E-state index in [1.807, 2.05) is 26.0 Å². The molecule has 1 aliphatic heterocycles. The van der Waals surface area contributed by atoms with Crippen molar-refractivity contribution >= 4 is 11.9 Å². The first-order chi connectivity index (χ1) is 11.4. The molecule has 0 unspecified atom stereocenters. The SMILES string of the molecule is C=C(C)CNC(=O)N1CCN(C(=O)c2ccc(C)c(OC)c2)CC1. The molecule has 3 amide bonds. The number of benzene rings is 1. The van der Waals surface area contributed by atoms with E-state index in [-0.39, 0.29) is 11.9 Å². The number of nitrogens with zero attached hydrogens (tertiary/aromatic N) is 2. The number of amides is 3. The van der Waals surface area contributed by atoms with Gasteiger partial charge in [0, 0.05) is 38.3 Å². The first-order valence-corrected chi connectivity index (χ1v) is 8.03. The van der Waals surface area contributed by atoms with Crippen LogP contribution >= 0.6 is 0 Å². The summed E-state index contributed by atoms with van der Waals surface area (Å²) in [5.74, 6) is 0.675. The molecular weight excluding hydrogens is 306 g/mol. The minimum Gasteiger partial charge on any atom is -0.496 e. The number of hydrogen-bond donors (Lipinski definition) is 1. The maximum atomic E-state index is 12.6. The second-order valence-corrected chi connectivity index (χ2v) is 6.08. The predicted molar refractivity (Wildman–Crippen MR) is 93.4 cm³/mol. The molecule has 130 valence electrons. The lowest BCUT2D eigenvalue weighted by molar-refractivity contribution is 0.0665. The number of aryl methyl sites for hydroxylation is 1. The lowest BCUT2D eigenvalue weighted by atomic mass is 10.1. The average molecular weight is 331 g/mol. The molecule has 1 aromatic carbocycles. The first-order valence-electron chi connectivity index (χ1n) is 8.03. The van der Waals surface area contributed by atoms with Gasteiger partial charge < -0.3 is 19.9 Å². The standard InChI is InChI=1S/C18H25N3O3/c1-13(2)12-19-18(23)21-9-7-20(8-10-21)17(22)15-6-5-14(3)16(11-15)24-4/h5-6,11H,1,7-10,12H2,2-4H3,(H,19,23). The van der Waals surface area contributed by atoms with Crippen molar-refractivity contribution in [2.75, 3.05) is 39.8 Å². The number of carbonyl (C=O) groups excluding carboxylic acids is 2. The maximum Gasteiger partial charge on any atom is 0.317 e. The molecule has 1 fully saturated rings. The molecule has 6 nitrogen and oxygen atoms in total. The number of hydrogen-bond acceptors (Lipinski definition) is 3. The van der Waals surface area contributed by atoms with Crippen molar-refractivity contribution in [3.8, 4) is 5.75 Å². The van der Waals surface area contributed by atoms with Gasteiger partial charge in [0.2, 0.25) is 0 Å². The Morgan fingerprint density at radius 1 is 1.21 bits per heavy atom. The van der Waals surface area contributed by atoms with Crippen LogP contribution in [0.15, 0.2) is 30.4 Å². The Hall–Kier alpha value is -2.50. The summed E-state index contributed by atoms with van der Waals surface area (Å²) in [6.07, 6.45) is 0. The predicted octanol–water partition coefficient (Wildman–Crippen LogP) is 2.05. The van der Waals surface area contributed by atoms with E-state index in [0.717, 1.165) is 11.1 Å². The minimum atomic E-state index is -0.109. The van der Waals surface area contributed by atoms with Crippen molar-refractivity contribution in [2.45, 2.75) is 13.8 Å². The van der Waals surface area contributed by atoms with E-state index in [1.165, 1.54) is 0 Å². The number of nitrogens with one attached hydrogen (secondary N) is 1. The number of rotatable bonds is 4. The van der Waals surface area contributed by atoms with Crippen LogP contribution < -0.4 is 10.1 Å². The molecule has 0 bridgehead atoms. The summed E-state index contributed by atoms with van der Waals surface area (Å²) in [5.41, 5.74) is 2.51.